The Morgan fingerprint density at radius 3 is 2.41 bits per heavy atom. The highest BCUT2D eigenvalue weighted by molar-refractivity contribution is 7.99. The van der Waals surface area contributed by atoms with Crippen LogP contribution in [0.1, 0.15) is 6.42 Å². The summed E-state index contributed by atoms with van der Waals surface area (Å²) in [5.41, 5.74) is 0.656. The summed E-state index contributed by atoms with van der Waals surface area (Å²) < 4.78 is 41.7. The SMILES string of the molecule is COc1cc(N2CC(C(=O)Nc3cccc(Cl)c3SC(F)F)CC2=O)cc(OC)c1OC. The van der Waals surface area contributed by atoms with Crippen molar-refractivity contribution in [3.05, 3.63) is 35.4 Å². The molecular formula is C21H21ClF2N2O5S. The lowest BCUT2D eigenvalue weighted by Gasteiger charge is -2.20. The lowest BCUT2D eigenvalue weighted by atomic mass is 10.1. The molecule has 0 aliphatic carbocycles. The van der Waals surface area contributed by atoms with Crippen molar-refractivity contribution in [1.82, 2.24) is 0 Å². The normalized spacial score (nSPS) is 15.8. The van der Waals surface area contributed by atoms with Gasteiger partial charge in [-0.25, -0.2) is 0 Å². The predicted octanol–water partition coefficient (Wildman–Crippen LogP) is 4.67. The predicted molar refractivity (Wildman–Crippen MR) is 119 cm³/mol. The quantitative estimate of drug-likeness (QED) is 0.546. The molecule has 0 aromatic heterocycles. The van der Waals surface area contributed by atoms with Gasteiger partial charge in [-0.15, -0.1) is 0 Å². The van der Waals surface area contributed by atoms with Crippen LogP contribution in [0.3, 0.4) is 0 Å². The Bertz CT molecular complexity index is 999. The van der Waals surface area contributed by atoms with E-state index in [1.54, 1.807) is 18.2 Å². The number of hydrogen-bond donors (Lipinski definition) is 1. The minimum absolute atomic E-state index is 0.0413. The average molecular weight is 487 g/mol. The fourth-order valence-electron chi connectivity index (χ4n) is 3.41. The number of nitrogens with one attached hydrogen (secondary N) is 1. The van der Waals surface area contributed by atoms with Gasteiger partial charge in [0.05, 0.1) is 48.5 Å². The minimum atomic E-state index is -2.70. The van der Waals surface area contributed by atoms with Crippen molar-refractivity contribution in [3.8, 4) is 17.2 Å². The molecule has 0 bridgehead atoms. The number of methoxy groups -OCH3 is 3. The van der Waals surface area contributed by atoms with Crippen LogP contribution in [-0.2, 0) is 9.59 Å². The number of carbonyl (C=O) groups excluding carboxylic acids is 2. The molecule has 1 aliphatic rings. The number of anilines is 2. The highest BCUT2D eigenvalue weighted by atomic mass is 35.5. The van der Waals surface area contributed by atoms with Crippen molar-refractivity contribution in [1.29, 1.82) is 0 Å². The van der Waals surface area contributed by atoms with Gasteiger partial charge in [-0.3, -0.25) is 9.59 Å². The Hall–Kier alpha value is -2.72. The Morgan fingerprint density at radius 1 is 1.19 bits per heavy atom. The standard InChI is InChI=1S/C21H21ClF2N2O5S/c1-29-15-8-12(9-16(30-2)18(15)31-3)26-10-11(7-17(26)27)20(28)25-14-6-4-5-13(22)19(14)32-21(23)24/h4-6,8-9,11,21H,7,10H2,1-3H3,(H,25,28). The zero-order valence-electron chi connectivity index (χ0n) is 17.5. The number of carbonyl (C=O) groups is 2. The van der Waals surface area contributed by atoms with Crippen molar-refractivity contribution >= 4 is 46.6 Å². The number of thioether (sulfide) groups is 1. The topological polar surface area (TPSA) is 77.1 Å². The van der Waals surface area contributed by atoms with Crippen molar-refractivity contribution < 1.29 is 32.6 Å². The molecule has 3 rings (SSSR count). The molecule has 1 aliphatic heterocycles. The summed E-state index contributed by atoms with van der Waals surface area (Å²) in [7, 11) is 4.39. The van der Waals surface area contributed by atoms with E-state index in [0.717, 1.165) is 0 Å². The van der Waals surface area contributed by atoms with E-state index in [4.69, 9.17) is 25.8 Å². The van der Waals surface area contributed by atoms with E-state index in [0.29, 0.717) is 22.9 Å². The van der Waals surface area contributed by atoms with Gasteiger partial charge in [0.1, 0.15) is 0 Å². The van der Waals surface area contributed by atoms with E-state index in [2.05, 4.69) is 5.32 Å². The first-order valence-electron chi connectivity index (χ1n) is 9.43. The molecule has 1 N–H and O–H groups in total. The van der Waals surface area contributed by atoms with Gasteiger partial charge in [0, 0.05) is 25.1 Å². The number of ether oxygens (including phenoxy) is 3. The minimum Gasteiger partial charge on any atom is -0.493 e. The average Bonchev–Trinajstić information content (AvgIpc) is 3.16. The Balaban J connectivity index is 1.81. The maximum atomic E-state index is 12.9. The summed E-state index contributed by atoms with van der Waals surface area (Å²) in [6, 6.07) is 7.74. The summed E-state index contributed by atoms with van der Waals surface area (Å²) >= 11 is 6.27. The third-order valence-corrected chi connectivity index (χ3v) is 6.17. The monoisotopic (exact) mass is 486 g/mol. The van der Waals surface area contributed by atoms with Crippen molar-refractivity contribution in [2.24, 2.45) is 5.92 Å². The van der Waals surface area contributed by atoms with Crippen LogP contribution in [0.4, 0.5) is 20.2 Å². The number of halogens is 3. The summed E-state index contributed by atoms with van der Waals surface area (Å²) in [5, 5.41) is 2.73. The van der Waals surface area contributed by atoms with Gasteiger partial charge in [-0.05, 0) is 12.1 Å². The van der Waals surface area contributed by atoms with Gasteiger partial charge in [0.15, 0.2) is 11.5 Å². The van der Waals surface area contributed by atoms with Gasteiger partial charge in [-0.2, -0.15) is 8.78 Å². The van der Waals surface area contributed by atoms with Crippen LogP contribution >= 0.6 is 23.4 Å². The van der Waals surface area contributed by atoms with Crippen LogP contribution in [0.5, 0.6) is 17.2 Å². The number of alkyl halides is 2. The summed E-state index contributed by atoms with van der Waals surface area (Å²) in [6.45, 7) is 0.0984. The lowest BCUT2D eigenvalue weighted by molar-refractivity contribution is -0.122. The lowest BCUT2D eigenvalue weighted by Crippen LogP contribution is -2.28. The van der Waals surface area contributed by atoms with Crippen LogP contribution < -0.4 is 24.4 Å². The molecule has 1 saturated heterocycles. The Morgan fingerprint density at radius 2 is 1.84 bits per heavy atom. The van der Waals surface area contributed by atoms with Crippen molar-refractivity contribution in [3.63, 3.8) is 0 Å². The Kier molecular flexibility index (Phi) is 7.68. The molecule has 2 aromatic rings. The molecule has 32 heavy (non-hydrogen) atoms. The molecule has 11 heteroatoms. The molecule has 2 aromatic carbocycles. The Labute approximate surface area is 192 Å². The fourth-order valence-corrected chi connectivity index (χ4v) is 4.32. The van der Waals surface area contributed by atoms with Gasteiger partial charge < -0.3 is 24.4 Å². The molecule has 1 atom stereocenters. The van der Waals surface area contributed by atoms with Crippen molar-refractivity contribution in [2.45, 2.75) is 17.1 Å². The van der Waals surface area contributed by atoms with E-state index in [9.17, 15) is 18.4 Å². The molecule has 0 spiro atoms. The van der Waals surface area contributed by atoms with E-state index in [-0.39, 0.29) is 46.2 Å². The highest BCUT2D eigenvalue weighted by Crippen LogP contribution is 2.42. The van der Waals surface area contributed by atoms with Gasteiger partial charge in [0.25, 0.3) is 5.76 Å². The van der Waals surface area contributed by atoms with Crippen LogP contribution in [0.2, 0.25) is 5.02 Å². The zero-order chi connectivity index (χ0) is 23.4. The second-order valence-corrected chi connectivity index (χ2v) is 8.18. The third-order valence-electron chi connectivity index (χ3n) is 4.89. The largest absolute Gasteiger partial charge is 0.493 e. The fraction of sp³-hybridized carbons (Fsp3) is 0.333. The molecule has 1 fully saturated rings. The number of amides is 2. The number of rotatable bonds is 8. The molecule has 7 nitrogen and oxygen atoms in total. The molecular weight excluding hydrogens is 466 g/mol. The van der Waals surface area contributed by atoms with Gasteiger partial charge in [-0.1, -0.05) is 29.4 Å². The maximum Gasteiger partial charge on any atom is 0.289 e. The first-order chi connectivity index (χ1) is 15.3. The molecule has 1 heterocycles. The third kappa shape index (κ3) is 5.02. The molecule has 0 radical (unpaired) electrons. The molecule has 2 amide bonds. The van der Waals surface area contributed by atoms with Crippen LogP contribution in [0.15, 0.2) is 35.2 Å². The number of nitrogens with zero attached hydrogens (tertiary/aromatic N) is 1. The molecule has 1 unspecified atom stereocenters. The molecule has 172 valence electrons. The smallest absolute Gasteiger partial charge is 0.289 e. The first kappa shape index (κ1) is 23.9. The summed E-state index contributed by atoms with van der Waals surface area (Å²) in [4.78, 5) is 27.0. The molecule has 0 saturated carbocycles. The maximum absolute atomic E-state index is 12.9. The van der Waals surface area contributed by atoms with Gasteiger partial charge >= 0.3 is 0 Å². The highest BCUT2D eigenvalue weighted by Gasteiger charge is 2.36. The van der Waals surface area contributed by atoms with E-state index in [1.165, 1.54) is 38.4 Å². The van der Waals surface area contributed by atoms with Crippen LogP contribution in [-0.4, -0.2) is 45.4 Å². The van der Waals surface area contributed by atoms with E-state index >= 15 is 0 Å². The van der Waals surface area contributed by atoms with Crippen molar-refractivity contribution in [2.75, 3.05) is 38.1 Å². The van der Waals surface area contributed by atoms with Gasteiger partial charge in [0.2, 0.25) is 17.6 Å². The summed E-state index contributed by atoms with van der Waals surface area (Å²) in [5.74, 6) is -3.01. The van der Waals surface area contributed by atoms with Crippen LogP contribution in [0.25, 0.3) is 0 Å². The second kappa shape index (κ2) is 10.3. The summed E-state index contributed by atoms with van der Waals surface area (Å²) in [6.07, 6.45) is -0.0413. The number of benzene rings is 2. The second-order valence-electron chi connectivity index (χ2n) is 6.77. The van der Waals surface area contributed by atoms with E-state index in [1.807, 2.05) is 0 Å². The van der Waals surface area contributed by atoms with E-state index < -0.39 is 17.6 Å². The zero-order valence-corrected chi connectivity index (χ0v) is 19.1. The van der Waals surface area contributed by atoms with Crippen LogP contribution in [0, 0.1) is 5.92 Å². The number of hydrogen-bond acceptors (Lipinski definition) is 6. The first-order valence-corrected chi connectivity index (χ1v) is 10.7.